The minimum absolute atomic E-state index is 0.127. The summed E-state index contributed by atoms with van der Waals surface area (Å²) in [6.45, 7) is 0. The third kappa shape index (κ3) is 1.75. The average Bonchev–Trinajstić information content (AvgIpc) is 2.13. The van der Waals surface area contributed by atoms with E-state index in [4.69, 9.17) is 6.42 Å². The molecule has 1 aliphatic rings. The molecule has 10 heavy (non-hydrogen) atoms. The van der Waals surface area contributed by atoms with Crippen LogP contribution in [0.15, 0.2) is 0 Å². The molecular weight excluding hydrogens is 124 g/mol. The molecule has 1 heteroatoms. The van der Waals surface area contributed by atoms with Crippen LogP contribution in [0.2, 0.25) is 0 Å². The zero-order valence-corrected chi connectivity index (χ0v) is 6.21. The Bertz CT molecular complexity index is 134. The van der Waals surface area contributed by atoms with E-state index in [-0.39, 0.29) is 12.0 Å². The summed E-state index contributed by atoms with van der Waals surface area (Å²) in [4.78, 5) is 0. The summed E-state index contributed by atoms with van der Waals surface area (Å²) in [5, 5.41) is 9.41. The molecule has 0 radical (unpaired) electrons. The zero-order chi connectivity index (χ0) is 7.40. The first kappa shape index (κ1) is 7.63. The number of rotatable bonds is 0. The van der Waals surface area contributed by atoms with Gasteiger partial charge in [0.2, 0.25) is 0 Å². The van der Waals surface area contributed by atoms with E-state index in [0.717, 1.165) is 19.3 Å². The van der Waals surface area contributed by atoms with E-state index in [1.54, 1.807) is 0 Å². The average molecular weight is 138 g/mol. The van der Waals surface area contributed by atoms with Crippen molar-refractivity contribution in [2.24, 2.45) is 5.92 Å². The second-order valence-electron chi connectivity index (χ2n) is 2.98. The van der Waals surface area contributed by atoms with Gasteiger partial charge in [0.1, 0.15) is 0 Å². The highest BCUT2D eigenvalue weighted by atomic mass is 16.3. The Morgan fingerprint density at radius 3 is 2.60 bits per heavy atom. The number of hydrogen-bond donors (Lipinski definition) is 1. The summed E-state index contributed by atoms with van der Waals surface area (Å²) in [7, 11) is 0. The molecule has 2 atom stereocenters. The molecule has 0 amide bonds. The minimum atomic E-state index is -0.229. The quantitative estimate of drug-likeness (QED) is 0.398. The number of hydrogen-bond acceptors (Lipinski definition) is 1. The SMILES string of the molecule is C#C[C@H]1CCCCC[C@@H]1O. The summed E-state index contributed by atoms with van der Waals surface area (Å²) in [6, 6.07) is 0. The molecule has 1 N–H and O–H groups in total. The molecule has 0 aromatic heterocycles. The van der Waals surface area contributed by atoms with Gasteiger partial charge in [0.15, 0.2) is 0 Å². The van der Waals surface area contributed by atoms with E-state index in [9.17, 15) is 5.11 Å². The fourth-order valence-electron chi connectivity index (χ4n) is 1.48. The van der Waals surface area contributed by atoms with Crippen LogP contribution >= 0.6 is 0 Å². The number of terminal acetylenes is 1. The van der Waals surface area contributed by atoms with Crippen molar-refractivity contribution in [3.63, 3.8) is 0 Å². The van der Waals surface area contributed by atoms with Gasteiger partial charge >= 0.3 is 0 Å². The Labute approximate surface area is 62.4 Å². The lowest BCUT2D eigenvalue weighted by atomic mass is 9.99. The monoisotopic (exact) mass is 138 g/mol. The Morgan fingerprint density at radius 1 is 1.20 bits per heavy atom. The topological polar surface area (TPSA) is 20.2 Å². The lowest BCUT2D eigenvalue weighted by molar-refractivity contribution is 0.127. The largest absolute Gasteiger partial charge is 0.392 e. The van der Waals surface area contributed by atoms with Crippen molar-refractivity contribution < 1.29 is 5.11 Å². The fraction of sp³-hybridized carbons (Fsp3) is 0.778. The molecule has 0 heterocycles. The van der Waals surface area contributed by atoms with E-state index in [1.807, 2.05) is 0 Å². The van der Waals surface area contributed by atoms with E-state index in [2.05, 4.69) is 5.92 Å². The van der Waals surface area contributed by atoms with Crippen LogP contribution in [0.1, 0.15) is 32.1 Å². The molecule has 0 unspecified atom stereocenters. The molecule has 56 valence electrons. The predicted molar refractivity (Wildman–Crippen MR) is 41.4 cm³/mol. The van der Waals surface area contributed by atoms with Crippen LogP contribution in [0.3, 0.4) is 0 Å². The van der Waals surface area contributed by atoms with Crippen molar-refractivity contribution in [2.75, 3.05) is 0 Å². The molecule has 1 aliphatic carbocycles. The van der Waals surface area contributed by atoms with Gasteiger partial charge in [-0.2, -0.15) is 0 Å². The molecule has 0 aromatic rings. The second kappa shape index (κ2) is 3.63. The highest BCUT2D eigenvalue weighted by Crippen LogP contribution is 2.22. The first-order chi connectivity index (χ1) is 4.84. The normalized spacial score (nSPS) is 34.4. The zero-order valence-electron chi connectivity index (χ0n) is 6.21. The van der Waals surface area contributed by atoms with Gasteiger partial charge in [-0.25, -0.2) is 0 Å². The Morgan fingerprint density at radius 2 is 1.90 bits per heavy atom. The molecule has 1 saturated carbocycles. The standard InChI is InChI=1S/C9H14O/c1-2-8-6-4-3-5-7-9(8)10/h1,8-10H,3-7H2/t8-,9-/m0/s1. The van der Waals surface area contributed by atoms with Crippen molar-refractivity contribution in [3.05, 3.63) is 0 Å². The van der Waals surface area contributed by atoms with Gasteiger partial charge in [0.25, 0.3) is 0 Å². The third-order valence-electron chi connectivity index (χ3n) is 2.19. The van der Waals surface area contributed by atoms with Crippen molar-refractivity contribution in [2.45, 2.75) is 38.2 Å². The third-order valence-corrected chi connectivity index (χ3v) is 2.19. The van der Waals surface area contributed by atoms with Gasteiger partial charge in [0.05, 0.1) is 6.10 Å². The van der Waals surface area contributed by atoms with Crippen molar-refractivity contribution in [3.8, 4) is 12.3 Å². The summed E-state index contributed by atoms with van der Waals surface area (Å²) in [5.74, 6) is 2.77. The maximum atomic E-state index is 9.41. The summed E-state index contributed by atoms with van der Waals surface area (Å²) >= 11 is 0. The first-order valence-electron chi connectivity index (χ1n) is 3.99. The Hall–Kier alpha value is -0.480. The number of aliphatic hydroxyl groups is 1. The fourth-order valence-corrected chi connectivity index (χ4v) is 1.48. The van der Waals surface area contributed by atoms with Gasteiger partial charge in [0, 0.05) is 5.92 Å². The van der Waals surface area contributed by atoms with Crippen LogP contribution in [0.5, 0.6) is 0 Å². The summed E-state index contributed by atoms with van der Waals surface area (Å²) in [5.41, 5.74) is 0. The minimum Gasteiger partial charge on any atom is -0.392 e. The van der Waals surface area contributed by atoms with E-state index in [1.165, 1.54) is 12.8 Å². The number of aliphatic hydroxyl groups excluding tert-OH is 1. The van der Waals surface area contributed by atoms with Crippen LogP contribution < -0.4 is 0 Å². The molecular formula is C9H14O. The molecule has 1 fully saturated rings. The first-order valence-corrected chi connectivity index (χ1v) is 3.99. The van der Waals surface area contributed by atoms with Crippen LogP contribution in [-0.2, 0) is 0 Å². The second-order valence-corrected chi connectivity index (χ2v) is 2.98. The lowest BCUT2D eigenvalue weighted by Crippen LogP contribution is -2.16. The van der Waals surface area contributed by atoms with E-state index < -0.39 is 0 Å². The highest BCUT2D eigenvalue weighted by molar-refractivity contribution is 4.97. The highest BCUT2D eigenvalue weighted by Gasteiger charge is 2.18. The van der Waals surface area contributed by atoms with Gasteiger partial charge < -0.3 is 5.11 Å². The smallest absolute Gasteiger partial charge is 0.0677 e. The van der Waals surface area contributed by atoms with Gasteiger partial charge in [-0.15, -0.1) is 12.3 Å². The van der Waals surface area contributed by atoms with Crippen LogP contribution in [0, 0.1) is 18.3 Å². The van der Waals surface area contributed by atoms with Crippen molar-refractivity contribution in [1.29, 1.82) is 0 Å². The van der Waals surface area contributed by atoms with Crippen LogP contribution in [0.4, 0.5) is 0 Å². The van der Waals surface area contributed by atoms with E-state index in [0.29, 0.717) is 0 Å². The lowest BCUT2D eigenvalue weighted by Gasteiger charge is -2.12. The molecule has 0 spiro atoms. The Kier molecular flexibility index (Phi) is 2.77. The maximum Gasteiger partial charge on any atom is 0.0677 e. The van der Waals surface area contributed by atoms with Gasteiger partial charge in [-0.05, 0) is 12.8 Å². The molecule has 1 nitrogen and oxygen atoms in total. The molecule has 0 aliphatic heterocycles. The van der Waals surface area contributed by atoms with Gasteiger partial charge in [-0.1, -0.05) is 19.3 Å². The van der Waals surface area contributed by atoms with Crippen molar-refractivity contribution in [1.82, 2.24) is 0 Å². The summed E-state index contributed by atoms with van der Waals surface area (Å²) < 4.78 is 0. The van der Waals surface area contributed by atoms with E-state index >= 15 is 0 Å². The summed E-state index contributed by atoms with van der Waals surface area (Å²) in [6.07, 6.45) is 10.5. The maximum absolute atomic E-state index is 9.41. The van der Waals surface area contributed by atoms with Crippen LogP contribution in [0.25, 0.3) is 0 Å². The van der Waals surface area contributed by atoms with Crippen molar-refractivity contribution >= 4 is 0 Å². The molecule has 0 saturated heterocycles. The molecule has 0 aromatic carbocycles. The Balaban J connectivity index is 2.45. The molecule has 1 rings (SSSR count). The van der Waals surface area contributed by atoms with Gasteiger partial charge in [-0.3, -0.25) is 0 Å². The van der Waals surface area contributed by atoms with Crippen LogP contribution in [-0.4, -0.2) is 11.2 Å². The predicted octanol–water partition coefficient (Wildman–Crippen LogP) is 1.56. The molecule has 0 bridgehead atoms.